The number of aromatic nitrogens is 1. The number of fused-ring (bicyclic) bond motifs is 1. The quantitative estimate of drug-likeness (QED) is 0.582. The van der Waals surface area contributed by atoms with E-state index in [-0.39, 0.29) is 17.9 Å². The molecule has 0 fully saturated rings. The smallest absolute Gasteiger partial charge is 0.129 e. The number of hydrogen-bond donors (Lipinski definition) is 2. The van der Waals surface area contributed by atoms with Gasteiger partial charge in [0.1, 0.15) is 10.9 Å². The van der Waals surface area contributed by atoms with Crippen LogP contribution in [0.4, 0.5) is 0 Å². The van der Waals surface area contributed by atoms with Crippen molar-refractivity contribution in [3.05, 3.63) is 35.1 Å². The number of rotatable bonds is 7. The molecule has 0 bridgehead atoms. The van der Waals surface area contributed by atoms with Crippen molar-refractivity contribution in [1.29, 1.82) is 0 Å². The van der Waals surface area contributed by atoms with Crippen LogP contribution in [0.15, 0.2) is 24.4 Å². The lowest BCUT2D eigenvalue weighted by molar-refractivity contribution is 0.364. The van der Waals surface area contributed by atoms with Crippen molar-refractivity contribution < 1.29 is 8.95 Å². The lowest BCUT2D eigenvalue weighted by Gasteiger charge is -2.26. The van der Waals surface area contributed by atoms with Crippen LogP contribution in [-0.2, 0) is 11.9 Å². The van der Waals surface area contributed by atoms with Crippen LogP contribution in [0.5, 0.6) is 5.75 Å². The number of hydrogen-bond acceptors (Lipinski definition) is 3. The van der Waals surface area contributed by atoms with Gasteiger partial charge in [0, 0.05) is 17.6 Å². The average molecular weight is 355 g/mol. The van der Waals surface area contributed by atoms with E-state index in [4.69, 9.17) is 16.3 Å². The van der Waals surface area contributed by atoms with Crippen molar-refractivity contribution in [2.24, 2.45) is 11.8 Å². The summed E-state index contributed by atoms with van der Waals surface area (Å²) >= 11 is 6.02. The molecule has 126 valence electrons. The molecule has 0 radical (unpaired) electrons. The first kappa shape index (κ1) is 18.2. The van der Waals surface area contributed by atoms with E-state index in [1.807, 2.05) is 18.2 Å². The Bertz CT molecular complexity index is 694. The molecule has 1 N–H and O–H groups in total. The summed E-state index contributed by atoms with van der Waals surface area (Å²) in [5.74, 6) is 1.63. The SMILES string of the molecule is COc1ccc([C@@H](N[SH]=O)C(C)CC(C)C)c2cc(Cl)ncc12. The van der Waals surface area contributed by atoms with Gasteiger partial charge < -0.3 is 4.74 Å². The normalized spacial score (nSPS) is 14.2. The fourth-order valence-electron chi connectivity index (χ4n) is 3.10. The summed E-state index contributed by atoms with van der Waals surface area (Å²) in [6.45, 7) is 6.55. The maximum absolute atomic E-state index is 11.2. The summed E-state index contributed by atoms with van der Waals surface area (Å²) in [7, 11) is 1.64. The molecule has 2 rings (SSSR count). The zero-order valence-corrected chi connectivity index (χ0v) is 15.5. The lowest BCUT2D eigenvalue weighted by Crippen LogP contribution is -2.25. The summed E-state index contributed by atoms with van der Waals surface area (Å²) in [6.07, 6.45) is 2.75. The maximum Gasteiger partial charge on any atom is 0.129 e. The summed E-state index contributed by atoms with van der Waals surface area (Å²) in [5.41, 5.74) is 1.06. The van der Waals surface area contributed by atoms with Crippen LogP contribution in [0.3, 0.4) is 0 Å². The number of nitrogens with one attached hydrogen (secondary N) is 1. The van der Waals surface area contributed by atoms with Crippen molar-refractivity contribution in [2.75, 3.05) is 7.11 Å². The van der Waals surface area contributed by atoms with Gasteiger partial charge in [-0.15, -0.1) is 0 Å². The standard InChI is InChI=1S/C17H23ClN2O2S/c1-10(2)7-11(3)17(20-23-21)12-5-6-15(22-4)14-9-19-16(18)8-13(12)14/h5-6,8-11,17,23H,7H2,1-4H3,(H,20,21)/t11?,17-/m0/s1. The molecular formula is C17H23ClN2O2S. The number of nitrogens with zero attached hydrogens (tertiary/aromatic N) is 1. The molecule has 1 heterocycles. The largest absolute Gasteiger partial charge is 0.496 e. The molecule has 6 heteroatoms. The minimum atomic E-state index is -0.0791. The molecule has 0 saturated carbocycles. The van der Waals surface area contributed by atoms with E-state index < -0.39 is 0 Å². The monoisotopic (exact) mass is 354 g/mol. The zero-order valence-electron chi connectivity index (χ0n) is 13.8. The van der Waals surface area contributed by atoms with Crippen LogP contribution < -0.4 is 9.46 Å². The molecule has 1 aromatic carbocycles. The number of halogens is 1. The maximum atomic E-state index is 11.2. The highest BCUT2D eigenvalue weighted by atomic mass is 35.5. The van der Waals surface area contributed by atoms with E-state index >= 15 is 0 Å². The van der Waals surface area contributed by atoms with Crippen LogP contribution in [0, 0.1) is 11.8 Å². The second kappa shape index (κ2) is 8.08. The van der Waals surface area contributed by atoms with Crippen LogP contribution in [0.25, 0.3) is 10.8 Å². The summed E-state index contributed by atoms with van der Waals surface area (Å²) < 4.78 is 19.7. The molecule has 0 saturated heterocycles. The molecule has 4 nitrogen and oxygen atoms in total. The van der Waals surface area contributed by atoms with Crippen LogP contribution in [0.2, 0.25) is 5.15 Å². The third kappa shape index (κ3) is 4.22. The minimum Gasteiger partial charge on any atom is -0.496 e. The Kier molecular flexibility index (Phi) is 6.39. The lowest BCUT2D eigenvalue weighted by atomic mass is 9.86. The van der Waals surface area contributed by atoms with Crippen LogP contribution >= 0.6 is 11.6 Å². The Hall–Kier alpha value is -1.17. The second-order valence-electron chi connectivity index (χ2n) is 6.21. The zero-order chi connectivity index (χ0) is 17.0. The van der Waals surface area contributed by atoms with Crippen LogP contribution in [0.1, 0.15) is 38.8 Å². The molecule has 2 aromatic rings. The van der Waals surface area contributed by atoms with Gasteiger partial charge in [0.05, 0.1) is 19.0 Å². The first-order chi connectivity index (χ1) is 11.0. The van der Waals surface area contributed by atoms with Gasteiger partial charge in [0.2, 0.25) is 0 Å². The number of methoxy groups -OCH3 is 1. The Morgan fingerprint density at radius 2 is 2.04 bits per heavy atom. The summed E-state index contributed by atoms with van der Waals surface area (Å²) in [4.78, 5) is 4.16. The number of pyridine rings is 1. The Morgan fingerprint density at radius 1 is 1.30 bits per heavy atom. The topological polar surface area (TPSA) is 51.2 Å². The molecule has 0 spiro atoms. The van der Waals surface area contributed by atoms with E-state index in [1.54, 1.807) is 13.3 Å². The summed E-state index contributed by atoms with van der Waals surface area (Å²) in [5, 5.41) is 2.31. The molecule has 1 aromatic heterocycles. The number of benzene rings is 1. The predicted octanol–water partition coefficient (Wildman–Crippen LogP) is 4.07. The minimum absolute atomic E-state index is 0.0385. The van der Waals surface area contributed by atoms with E-state index in [2.05, 4.69) is 30.5 Å². The molecule has 0 amide bonds. The van der Waals surface area contributed by atoms with Crippen molar-refractivity contribution in [2.45, 2.75) is 33.2 Å². The fourth-order valence-corrected chi connectivity index (χ4v) is 3.76. The van der Waals surface area contributed by atoms with E-state index in [0.717, 1.165) is 28.5 Å². The Balaban J connectivity index is 2.58. The molecule has 0 aliphatic heterocycles. The second-order valence-corrected chi connectivity index (χ2v) is 7.04. The van der Waals surface area contributed by atoms with Crippen molar-refractivity contribution >= 4 is 34.2 Å². The third-order valence-electron chi connectivity index (χ3n) is 4.02. The first-order valence-electron chi connectivity index (χ1n) is 7.68. The van der Waals surface area contributed by atoms with Gasteiger partial charge >= 0.3 is 0 Å². The Labute approximate surface area is 146 Å². The average Bonchev–Trinajstić information content (AvgIpc) is 2.51. The fraction of sp³-hybridized carbons (Fsp3) is 0.471. The predicted molar refractivity (Wildman–Crippen MR) is 97.3 cm³/mol. The van der Waals surface area contributed by atoms with E-state index in [1.165, 1.54) is 0 Å². The highest BCUT2D eigenvalue weighted by molar-refractivity contribution is 7.63. The van der Waals surface area contributed by atoms with Crippen molar-refractivity contribution in [1.82, 2.24) is 9.71 Å². The highest BCUT2D eigenvalue weighted by Crippen LogP contribution is 2.36. The van der Waals surface area contributed by atoms with Gasteiger partial charge in [-0.25, -0.2) is 13.9 Å². The molecular weight excluding hydrogens is 332 g/mol. The van der Waals surface area contributed by atoms with Crippen LogP contribution in [-0.4, -0.2) is 16.3 Å². The van der Waals surface area contributed by atoms with Gasteiger partial charge in [0.15, 0.2) is 0 Å². The number of ether oxygens (including phenoxy) is 1. The highest BCUT2D eigenvalue weighted by Gasteiger charge is 2.23. The van der Waals surface area contributed by atoms with Crippen molar-refractivity contribution in [3.8, 4) is 5.75 Å². The summed E-state index contributed by atoms with van der Waals surface area (Å²) in [6, 6.07) is 5.74. The van der Waals surface area contributed by atoms with E-state index in [0.29, 0.717) is 17.0 Å². The molecule has 23 heavy (non-hydrogen) atoms. The first-order valence-corrected chi connectivity index (χ1v) is 8.87. The molecule has 0 aliphatic carbocycles. The van der Waals surface area contributed by atoms with Gasteiger partial charge in [-0.1, -0.05) is 38.4 Å². The molecule has 2 atom stereocenters. The van der Waals surface area contributed by atoms with Gasteiger partial charge in [-0.2, -0.15) is 0 Å². The van der Waals surface area contributed by atoms with E-state index in [9.17, 15) is 4.21 Å². The van der Waals surface area contributed by atoms with Gasteiger partial charge in [-0.05, 0) is 41.3 Å². The Morgan fingerprint density at radius 3 is 2.65 bits per heavy atom. The molecule has 1 unspecified atom stereocenters. The molecule has 0 aliphatic rings. The van der Waals surface area contributed by atoms with Gasteiger partial charge in [0.25, 0.3) is 0 Å². The van der Waals surface area contributed by atoms with Gasteiger partial charge in [-0.3, -0.25) is 0 Å². The van der Waals surface area contributed by atoms with Crippen molar-refractivity contribution in [3.63, 3.8) is 0 Å². The third-order valence-corrected chi connectivity index (χ3v) is 4.61. The number of thiol groups is 1.